The van der Waals surface area contributed by atoms with Crippen LogP contribution in [0.4, 0.5) is 0 Å². The quantitative estimate of drug-likeness (QED) is 0.883. The summed E-state index contributed by atoms with van der Waals surface area (Å²) in [5, 5.41) is 4.01. The molecular weight excluding hydrogens is 278 g/mol. The lowest BCUT2D eigenvalue weighted by Crippen LogP contribution is -2.22. The molecule has 0 saturated heterocycles. The maximum Gasteiger partial charge on any atom is 0.162 e. The van der Waals surface area contributed by atoms with Crippen molar-refractivity contribution in [1.82, 2.24) is 5.32 Å². The van der Waals surface area contributed by atoms with Crippen molar-refractivity contribution >= 4 is 11.6 Å². The Bertz CT molecular complexity index is 554. The first-order chi connectivity index (χ1) is 9.71. The van der Waals surface area contributed by atoms with Crippen molar-refractivity contribution in [2.24, 2.45) is 0 Å². The van der Waals surface area contributed by atoms with E-state index in [4.69, 9.17) is 25.5 Å². The molecule has 4 nitrogen and oxygen atoms in total. The van der Waals surface area contributed by atoms with Crippen molar-refractivity contribution in [2.45, 2.75) is 13.0 Å². The van der Waals surface area contributed by atoms with E-state index in [0.717, 1.165) is 17.7 Å². The topological polar surface area (TPSA) is 43.6 Å². The van der Waals surface area contributed by atoms with Gasteiger partial charge in [-0.3, -0.25) is 0 Å². The second-order valence-corrected chi connectivity index (χ2v) is 4.68. The molecule has 0 amide bonds. The van der Waals surface area contributed by atoms with E-state index < -0.39 is 0 Å². The molecule has 1 unspecified atom stereocenters. The molecule has 0 saturated carbocycles. The Morgan fingerprint density at radius 3 is 2.50 bits per heavy atom. The van der Waals surface area contributed by atoms with Crippen LogP contribution in [-0.4, -0.2) is 20.8 Å². The zero-order valence-electron chi connectivity index (χ0n) is 11.8. The van der Waals surface area contributed by atoms with Crippen LogP contribution in [0.2, 0.25) is 5.02 Å². The number of hydrogen-bond donors (Lipinski definition) is 1. The summed E-state index contributed by atoms with van der Waals surface area (Å²) in [5.74, 6) is 1.27. The zero-order chi connectivity index (χ0) is 14.5. The van der Waals surface area contributed by atoms with Crippen molar-refractivity contribution < 1.29 is 13.9 Å². The Balaban J connectivity index is 2.48. The molecule has 0 bridgehead atoms. The number of halogens is 1. The second-order valence-electron chi connectivity index (χ2n) is 4.28. The molecule has 0 fully saturated rings. The van der Waals surface area contributed by atoms with Gasteiger partial charge in [-0.05, 0) is 24.2 Å². The Kier molecular flexibility index (Phi) is 4.93. The minimum atomic E-state index is -0.0499. The first kappa shape index (κ1) is 14.8. The normalized spacial score (nSPS) is 12.2. The third kappa shape index (κ3) is 2.92. The van der Waals surface area contributed by atoms with Gasteiger partial charge in [0, 0.05) is 16.7 Å². The first-order valence-corrected chi connectivity index (χ1v) is 6.76. The van der Waals surface area contributed by atoms with Crippen molar-refractivity contribution in [2.75, 3.05) is 20.8 Å². The second kappa shape index (κ2) is 6.68. The van der Waals surface area contributed by atoms with Crippen LogP contribution in [0.3, 0.4) is 0 Å². The van der Waals surface area contributed by atoms with Gasteiger partial charge < -0.3 is 19.2 Å². The summed E-state index contributed by atoms with van der Waals surface area (Å²) in [6.45, 7) is 2.85. The molecule has 0 aliphatic carbocycles. The molecule has 1 atom stereocenters. The number of hydrogen-bond acceptors (Lipinski definition) is 4. The van der Waals surface area contributed by atoms with Crippen LogP contribution in [0.25, 0.3) is 0 Å². The van der Waals surface area contributed by atoms with Gasteiger partial charge in [-0.25, -0.2) is 0 Å². The van der Waals surface area contributed by atoms with E-state index in [-0.39, 0.29) is 6.04 Å². The standard InChI is InChI=1S/C15H18ClNO3/c1-4-17-15(10-5-6-20-9-10)11-7-13(18-2)14(19-3)8-12(11)16/h5-9,15,17H,4H2,1-3H3. The van der Waals surface area contributed by atoms with Gasteiger partial charge in [0.15, 0.2) is 11.5 Å². The van der Waals surface area contributed by atoms with Gasteiger partial charge >= 0.3 is 0 Å². The molecule has 108 valence electrons. The van der Waals surface area contributed by atoms with E-state index in [1.54, 1.807) is 32.8 Å². The predicted octanol–water partition coefficient (Wildman–Crippen LogP) is 3.65. The lowest BCUT2D eigenvalue weighted by molar-refractivity contribution is 0.354. The number of furan rings is 1. The van der Waals surface area contributed by atoms with Gasteiger partial charge in [0.1, 0.15) is 0 Å². The molecule has 20 heavy (non-hydrogen) atoms. The van der Waals surface area contributed by atoms with E-state index in [0.29, 0.717) is 16.5 Å². The highest BCUT2D eigenvalue weighted by Gasteiger charge is 2.20. The monoisotopic (exact) mass is 295 g/mol. The zero-order valence-corrected chi connectivity index (χ0v) is 12.5. The highest BCUT2D eigenvalue weighted by Crippen LogP contribution is 2.37. The summed E-state index contributed by atoms with van der Waals surface area (Å²) >= 11 is 6.38. The van der Waals surface area contributed by atoms with Gasteiger partial charge in [0.2, 0.25) is 0 Å². The van der Waals surface area contributed by atoms with Crippen LogP contribution >= 0.6 is 11.6 Å². The predicted molar refractivity (Wildman–Crippen MR) is 78.8 cm³/mol. The molecule has 1 N–H and O–H groups in total. The van der Waals surface area contributed by atoms with Crippen molar-refractivity contribution in [3.8, 4) is 11.5 Å². The molecule has 1 aromatic heterocycles. The third-order valence-electron chi connectivity index (χ3n) is 3.10. The Morgan fingerprint density at radius 1 is 1.25 bits per heavy atom. The van der Waals surface area contributed by atoms with Crippen LogP contribution in [0.5, 0.6) is 11.5 Å². The van der Waals surface area contributed by atoms with Crippen LogP contribution in [0.15, 0.2) is 35.1 Å². The fourth-order valence-electron chi connectivity index (χ4n) is 2.14. The number of ether oxygens (including phenoxy) is 2. The third-order valence-corrected chi connectivity index (χ3v) is 3.43. The molecule has 5 heteroatoms. The summed E-state index contributed by atoms with van der Waals surface area (Å²) in [6.07, 6.45) is 3.36. The van der Waals surface area contributed by atoms with Crippen LogP contribution in [0, 0.1) is 0 Å². The van der Waals surface area contributed by atoms with Crippen LogP contribution < -0.4 is 14.8 Å². The molecule has 0 spiro atoms. The maximum atomic E-state index is 6.38. The summed E-state index contributed by atoms with van der Waals surface area (Å²) in [4.78, 5) is 0. The van der Waals surface area contributed by atoms with Crippen molar-refractivity contribution in [3.63, 3.8) is 0 Å². The smallest absolute Gasteiger partial charge is 0.162 e. The fourth-order valence-corrected chi connectivity index (χ4v) is 2.40. The van der Waals surface area contributed by atoms with E-state index in [9.17, 15) is 0 Å². The fraction of sp³-hybridized carbons (Fsp3) is 0.333. The van der Waals surface area contributed by atoms with E-state index >= 15 is 0 Å². The van der Waals surface area contributed by atoms with Gasteiger partial charge in [0.05, 0.1) is 32.8 Å². The van der Waals surface area contributed by atoms with Gasteiger partial charge in [-0.15, -0.1) is 0 Å². The Hall–Kier alpha value is -1.65. The maximum absolute atomic E-state index is 6.38. The Morgan fingerprint density at radius 2 is 1.95 bits per heavy atom. The summed E-state index contributed by atoms with van der Waals surface area (Å²) in [7, 11) is 3.20. The SMILES string of the molecule is CCNC(c1ccoc1)c1cc(OC)c(OC)cc1Cl. The largest absolute Gasteiger partial charge is 0.493 e. The number of benzene rings is 1. The molecule has 1 aromatic carbocycles. The lowest BCUT2D eigenvalue weighted by Gasteiger charge is -2.20. The van der Waals surface area contributed by atoms with Gasteiger partial charge in [0.25, 0.3) is 0 Å². The van der Waals surface area contributed by atoms with E-state index in [1.165, 1.54) is 0 Å². The Labute approximate surface area is 123 Å². The number of rotatable bonds is 6. The summed E-state index contributed by atoms with van der Waals surface area (Å²) in [6, 6.07) is 5.52. The summed E-state index contributed by atoms with van der Waals surface area (Å²) in [5.41, 5.74) is 1.94. The number of nitrogens with one attached hydrogen (secondary N) is 1. The molecule has 0 radical (unpaired) electrons. The summed E-state index contributed by atoms with van der Waals surface area (Å²) < 4.78 is 15.8. The first-order valence-electron chi connectivity index (χ1n) is 6.38. The molecule has 1 heterocycles. The van der Waals surface area contributed by atoms with Gasteiger partial charge in [-0.2, -0.15) is 0 Å². The molecule has 2 rings (SSSR count). The average Bonchev–Trinajstić information content (AvgIpc) is 2.98. The lowest BCUT2D eigenvalue weighted by atomic mass is 10.0. The molecule has 0 aliphatic rings. The van der Waals surface area contributed by atoms with Crippen molar-refractivity contribution in [3.05, 3.63) is 46.9 Å². The minimum absolute atomic E-state index is 0.0499. The molecule has 2 aromatic rings. The van der Waals surface area contributed by atoms with Crippen molar-refractivity contribution in [1.29, 1.82) is 0 Å². The molecular formula is C15H18ClNO3. The van der Waals surface area contributed by atoms with E-state index in [1.807, 2.05) is 19.1 Å². The van der Waals surface area contributed by atoms with Crippen LogP contribution in [-0.2, 0) is 0 Å². The minimum Gasteiger partial charge on any atom is -0.493 e. The highest BCUT2D eigenvalue weighted by molar-refractivity contribution is 6.31. The van der Waals surface area contributed by atoms with E-state index in [2.05, 4.69) is 5.32 Å². The highest BCUT2D eigenvalue weighted by atomic mass is 35.5. The van der Waals surface area contributed by atoms with Crippen LogP contribution in [0.1, 0.15) is 24.1 Å². The number of methoxy groups -OCH3 is 2. The van der Waals surface area contributed by atoms with Gasteiger partial charge in [-0.1, -0.05) is 18.5 Å². The average molecular weight is 296 g/mol. The molecule has 0 aliphatic heterocycles.